The Morgan fingerprint density at radius 1 is 1.46 bits per heavy atom. The van der Waals surface area contributed by atoms with Crippen LogP contribution in [0.15, 0.2) is 18.3 Å². The predicted molar refractivity (Wildman–Crippen MR) is 95.8 cm³/mol. The van der Waals surface area contributed by atoms with Crippen LogP contribution in [0.2, 0.25) is 0 Å². The SMILES string of the molecule is CC(C)C(=O)NC[C@@H]1CCN(Cc2ccc(N(C)C)nc2)C[C@H]1O. The summed E-state index contributed by atoms with van der Waals surface area (Å²) in [6.07, 6.45) is 2.39. The molecule has 1 saturated heterocycles. The summed E-state index contributed by atoms with van der Waals surface area (Å²) >= 11 is 0. The number of pyridine rings is 1. The molecular weight excluding hydrogens is 304 g/mol. The molecule has 0 bridgehead atoms. The number of hydrogen-bond donors (Lipinski definition) is 2. The van der Waals surface area contributed by atoms with E-state index >= 15 is 0 Å². The van der Waals surface area contributed by atoms with E-state index in [0.717, 1.165) is 30.9 Å². The number of aliphatic hydroxyl groups is 1. The summed E-state index contributed by atoms with van der Waals surface area (Å²) in [6.45, 7) is 6.67. The van der Waals surface area contributed by atoms with Gasteiger partial charge in [-0.3, -0.25) is 9.69 Å². The highest BCUT2D eigenvalue weighted by molar-refractivity contribution is 5.77. The van der Waals surface area contributed by atoms with Gasteiger partial charge in [0.15, 0.2) is 0 Å². The van der Waals surface area contributed by atoms with E-state index in [2.05, 4.69) is 21.3 Å². The number of aliphatic hydroxyl groups excluding tert-OH is 1. The second-order valence-corrected chi connectivity index (χ2v) is 7.17. The maximum absolute atomic E-state index is 11.7. The molecule has 0 unspecified atom stereocenters. The lowest BCUT2D eigenvalue weighted by atomic mass is 9.93. The first kappa shape index (κ1) is 18.7. The Morgan fingerprint density at radius 3 is 2.75 bits per heavy atom. The lowest BCUT2D eigenvalue weighted by Crippen LogP contribution is -2.47. The van der Waals surface area contributed by atoms with E-state index in [4.69, 9.17) is 0 Å². The molecule has 0 aliphatic carbocycles. The highest BCUT2D eigenvalue weighted by Crippen LogP contribution is 2.19. The molecule has 1 aromatic rings. The molecule has 0 aromatic carbocycles. The molecule has 0 saturated carbocycles. The number of β-amino-alcohol motifs (C(OH)–C–C–N with tert-alkyl or cyclic N) is 1. The topological polar surface area (TPSA) is 68.7 Å². The van der Waals surface area contributed by atoms with Crippen molar-refractivity contribution in [3.63, 3.8) is 0 Å². The minimum absolute atomic E-state index is 0.0140. The fraction of sp³-hybridized carbons (Fsp3) is 0.667. The number of anilines is 1. The fourth-order valence-electron chi connectivity index (χ4n) is 2.90. The monoisotopic (exact) mass is 334 g/mol. The summed E-state index contributed by atoms with van der Waals surface area (Å²) in [6, 6.07) is 4.10. The lowest BCUT2D eigenvalue weighted by Gasteiger charge is -2.36. The minimum atomic E-state index is -0.403. The van der Waals surface area contributed by atoms with Crippen LogP contribution in [0.4, 0.5) is 5.82 Å². The van der Waals surface area contributed by atoms with Crippen LogP contribution in [0.25, 0.3) is 0 Å². The number of piperidine rings is 1. The first-order valence-electron chi connectivity index (χ1n) is 8.67. The molecule has 6 heteroatoms. The van der Waals surface area contributed by atoms with Gasteiger partial charge in [0.25, 0.3) is 0 Å². The number of aromatic nitrogens is 1. The maximum atomic E-state index is 11.7. The quantitative estimate of drug-likeness (QED) is 0.815. The van der Waals surface area contributed by atoms with E-state index < -0.39 is 6.10 Å². The van der Waals surface area contributed by atoms with Gasteiger partial charge in [0.1, 0.15) is 5.82 Å². The molecule has 2 atom stereocenters. The molecule has 1 amide bonds. The molecule has 1 aromatic heterocycles. The van der Waals surface area contributed by atoms with Crippen molar-refractivity contribution in [3.8, 4) is 0 Å². The van der Waals surface area contributed by atoms with Crippen molar-refractivity contribution in [1.29, 1.82) is 0 Å². The van der Waals surface area contributed by atoms with Crippen molar-refractivity contribution >= 4 is 11.7 Å². The molecule has 1 fully saturated rings. The Balaban J connectivity index is 1.81. The molecule has 6 nitrogen and oxygen atoms in total. The molecule has 1 aliphatic rings. The number of nitrogens with one attached hydrogen (secondary N) is 1. The van der Waals surface area contributed by atoms with E-state index in [-0.39, 0.29) is 17.7 Å². The highest BCUT2D eigenvalue weighted by Gasteiger charge is 2.28. The summed E-state index contributed by atoms with van der Waals surface area (Å²) < 4.78 is 0. The fourth-order valence-corrected chi connectivity index (χ4v) is 2.90. The van der Waals surface area contributed by atoms with Crippen molar-refractivity contribution in [2.75, 3.05) is 38.6 Å². The molecule has 0 radical (unpaired) electrons. The predicted octanol–water partition coefficient (Wildman–Crippen LogP) is 1.10. The average Bonchev–Trinajstić information content (AvgIpc) is 2.54. The molecule has 0 spiro atoms. The number of amides is 1. The minimum Gasteiger partial charge on any atom is -0.391 e. The van der Waals surface area contributed by atoms with Crippen molar-refractivity contribution in [1.82, 2.24) is 15.2 Å². The van der Waals surface area contributed by atoms with Crippen molar-refractivity contribution < 1.29 is 9.90 Å². The van der Waals surface area contributed by atoms with Gasteiger partial charge in [-0.25, -0.2) is 4.98 Å². The van der Waals surface area contributed by atoms with Crippen LogP contribution in [-0.4, -0.2) is 60.7 Å². The van der Waals surface area contributed by atoms with Crippen LogP contribution in [0.3, 0.4) is 0 Å². The summed E-state index contributed by atoms with van der Waals surface area (Å²) in [7, 11) is 3.95. The first-order chi connectivity index (χ1) is 11.4. The number of hydrogen-bond acceptors (Lipinski definition) is 5. The zero-order valence-electron chi connectivity index (χ0n) is 15.2. The van der Waals surface area contributed by atoms with Gasteiger partial charge < -0.3 is 15.3 Å². The Bertz CT molecular complexity index is 530. The highest BCUT2D eigenvalue weighted by atomic mass is 16.3. The second kappa shape index (κ2) is 8.44. The Hall–Kier alpha value is -1.66. The third kappa shape index (κ3) is 5.18. The number of carbonyl (C=O) groups excluding carboxylic acids is 1. The molecular formula is C18H30N4O2. The van der Waals surface area contributed by atoms with E-state index in [1.807, 2.05) is 45.1 Å². The largest absolute Gasteiger partial charge is 0.391 e. The molecule has 2 heterocycles. The van der Waals surface area contributed by atoms with Crippen LogP contribution in [0.1, 0.15) is 25.8 Å². The van der Waals surface area contributed by atoms with E-state index in [9.17, 15) is 9.90 Å². The van der Waals surface area contributed by atoms with Gasteiger partial charge in [-0.15, -0.1) is 0 Å². The van der Waals surface area contributed by atoms with Crippen molar-refractivity contribution in [2.45, 2.75) is 32.9 Å². The van der Waals surface area contributed by atoms with Crippen molar-refractivity contribution in [2.24, 2.45) is 11.8 Å². The van der Waals surface area contributed by atoms with E-state index in [1.54, 1.807) is 0 Å². The second-order valence-electron chi connectivity index (χ2n) is 7.17. The smallest absolute Gasteiger partial charge is 0.222 e. The van der Waals surface area contributed by atoms with Gasteiger partial charge in [-0.1, -0.05) is 19.9 Å². The number of carbonyl (C=O) groups is 1. The van der Waals surface area contributed by atoms with Gasteiger partial charge in [0.2, 0.25) is 5.91 Å². The van der Waals surface area contributed by atoms with Crippen LogP contribution < -0.4 is 10.2 Å². The number of likely N-dealkylation sites (tertiary alicyclic amines) is 1. The molecule has 24 heavy (non-hydrogen) atoms. The lowest BCUT2D eigenvalue weighted by molar-refractivity contribution is -0.124. The Labute approximate surface area is 144 Å². The third-order valence-corrected chi connectivity index (χ3v) is 4.54. The van der Waals surface area contributed by atoms with Crippen LogP contribution in [0, 0.1) is 11.8 Å². The summed E-state index contributed by atoms with van der Waals surface area (Å²) in [5.41, 5.74) is 1.15. The average molecular weight is 334 g/mol. The normalized spacial score (nSPS) is 21.8. The van der Waals surface area contributed by atoms with Gasteiger partial charge in [0.05, 0.1) is 6.10 Å². The van der Waals surface area contributed by atoms with Crippen LogP contribution in [-0.2, 0) is 11.3 Å². The van der Waals surface area contributed by atoms with Crippen LogP contribution in [0.5, 0.6) is 0 Å². The maximum Gasteiger partial charge on any atom is 0.222 e. The Morgan fingerprint density at radius 2 is 2.21 bits per heavy atom. The molecule has 2 N–H and O–H groups in total. The van der Waals surface area contributed by atoms with E-state index in [0.29, 0.717) is 13.1 Å². The summed E-state index contributed by atoms with van der Waals surface area (Å²) in [5.74, 6) is 1.12. The number of rotatable bonds is 6. The zero-order chi connectivity index (χ0) is 17.7. The van der Waals surface area contributed by atoms with Gasteiger partial charge >= 0.3 is 0 Å². The summed E-state index contributed by atoms with van der Waals surface area (Å²) in [5, 5.41) is 13.3. The summed E-state index contributed by atoms with van der Waals surface area (Å²) in [4.78, 5) is 20.3. The van der Waals surface area contributed by atoms with E-state index in [1.165, 1.54) is 0 Å². The standard InChI is InChI=1S/C18H30N4O2/c1-13(2)18(24)20-10-15-7-8-22(12-16(15)23)11-14-5-6-17(19-9-14)21(3)4/h5-6,9,13,15-16,23H,7-8,10-12H2,1-4H3,(H,20,24)/t15-,16+/m0/s1. The zero-order valence-corrected chi connectivity index (χ0v) is 15.2. The molecule has 134 valence electrons. The molecule has 1 aliphatic heterocycles. The Kier molecular flexibility index (Phi) is 6.57. The molecule has 2 rings (SSSR count). The third-order valence-electron chi connectivity index (χ3n) is 4.54. The number of nitrogens with zero attached hydrogens (tertiary/aromatic N) is 3. The van der Waals surface area contributed by atoms with Gasteiger partial charge in [-0.2, -0.15) is 0 Å². The van der Waals surface area contributed by atoms with Crippen molar-refractivity contribution in [3.05, 3.63) is 23.9 Å². The van der Waals surface area contributed by atoms with Crippen LogP contribution >= 0.6 is 0 Å². The first-order valence-corrected chi connectivity index (χ1v) is 8.67. The van der Waals surface area contributed by atoms with Gasteiger partial charge in [0, 0.05) is 51.8 Å². The van der Waals surface area contributed by atoms with Gasteiger partial charge in [-0.05, 0) is 24.6 Å².